The first-order chi connectivity index (χ1) is 7.47. The van der Waals surface area contributed by atoms with Crippen LogP contribution in [0.15, 0.2) is 21.5 Å². The van der Waals surface area contributed by atoms with Crippen LogP contribution in [0, 0.1) is 5.82 Å². The molecule has 0 saturated heterocycles. The molecule has 0 aliphatic heterocycles. The molecule has 0 atom stereocenters. The number of carboxylic acids is 1. The zero-order chi connectivity index (χ0) is 12.3. The molecule has 6 heteroatoms. The smallest absolute Gasteiger partial charge is 0.341 e. The lowest BCUT2D eigenvalue weighted by molar-refractivity contribution is -0.131. The molecule has 0 saturated carbocycles. The van der Waals surface area contributed by atoms with E-state index in [0.29, 0.717) is 5.75 Å². The highest BCUT2D eigenvalue weighted by Crippen LogP contribution is 2.30. The van der Waals surface area contributed by atoms with E-state index >= 15 is 0 Å². The number of hydrogen-bond donors (Lipinski definition) is 2. The van der Waals surface area contributed by atoms with E-state index in [1.54, 1.807) is 0 Å². The maximum atomic E-state index is 13.7. The van der Waals surface area contributed by atoms with Crippen molar-refractivity contribution in [1.82, 2.24) is 0 Å². The van der Waals surface area contributed by atoms with Gasteiger partial charge in [-0.2, -0.15) is 0 Å². The molecule has 3 nitrogen and oxygen atoms in total. The highest BCUT2D eigenvalue weighted by Gasteiger charge is 2.11. The Kier molecular flexibility index (Phi) is 4.37. The van der Waals surface area contributed by atoms with Gasteiger partial charge in [-0.3, -0.25) is 0 Å². The molecule has 0 fully saturated rings. The summed E-state index contributed by atoms with van der Waals surface area (Å²) < 4.78 is 18.7. The van der Waals surface area contributed by atoms with Crippen LogP contribution in [0.25, 0.3) is 6.08 Å². The number of hydrogen-bond acceptors (Lipinski definition) is 3. The predicted octanol–water partition coefficient (Wildman–Crippen LogP) is 2.95. The number of carboxylic acid groups (broad SMARTS) is 1. The van der Waals surface area contributed by atoms with E-state index < -0.39 is 11.8 Å². The lowest BCUT2D eigenvalue weighted by atomic mass is 10.2. The van der Waals surface area contributed by atoms with Crippen molar-refractivity contribution < 1.29 is 19.0 Å². The Morgan fingerprint density at radius 3 is 2.75 bits per heavy atom. The third-order valence-electron chi connectivity index (χ3n) is 1.81. The highest BCUT2D eigenvalue weighted by molar-refractivity contribution is 9.10. The summed E-state index contributed by atoms with van der Waals surface area (Å²) in [7, 11) is 1.41. The molecule has 0 aliphatic carbocycles. The Balaban J connectivity index is 3.23. The first-order valence-electron chi connectivity index (χ1n) is 4.13. The minimum Gasteiger partial charge on any atom is -0.495 e. The van der Waals surface area contributed by atoms with E-state index in [4.69, 9.17) is 9.84 Å². The molecule has 1 aromatic carbocycles. The first-order valence-corrected chi connectivity index (χ1v) is 5.37. The molecule has 0 radical (unpaired) electrons. The number of halogens is 2. The molecule has 0 amide bonds. The highest BCUT2D eigenvalue weighted by atomic mass is 79.9. The number of aliphatic carboxylic acids is 1. The van der Waals surface area contributed by atoms with E-state index in [1.165, 1.54) is 19.2 Å². The van der Waals surface area contributed by atoms with Crippen molar-refractivity contribution in [2.24, 2.45) is 0 Å². The summed E-state index contributed by atoms with van der Waals surface area (Å²) in [6.07, 6.45) is 1.13. The molecule has 0 unspecified atom stereocenters. The van der Waals surface area contributed by atoms with E-state index in [9.17, 15) is 9.18 Å². The Morgan fingerprint density at radius 1 is 1.62 bits per heavy atom. The molecular weight excluding hydrogens is 299 g/mol. The van der Waals surface area contributed by atoms with Crippen LogP contribution in [-0.4, -0.2) is 18.2 Å². The van der Waals surface area contributed by atoms with Crippen molar-refractivity contribution in [1.29, 1.82) is 0 Å². The molecule has 0 aliphatic rings. The average molecular weight is 307 g/mol. The molecule has 1 aromatic rings. The third-order valence-corrected chi connectivity index (χ3v) is 2.87. The lowest BCUT2D eigenvalue weighted by Crippen LogP contribution is -1.95. The van der Waals surface area contributed by atoms with Crippen LogP contribution in [0.1, 0.15) is 5.56 Å². The Hall–Kier alpha value is -1.01. The molecule has 86 valence electrons. The maximum Gasteiger partial charge on any atom is 0.341 e. The Labute approximate surface area is 105 Å². The van der Waals surface area contributed by atoms with Gasteiger partial charge in [0.2, 0.25) is 0 Å². The van der Waals surface area contributed by atoms with Gasteiger partial charge in [0.15, 0.2) is 0 Å². The van der Waals surface area contributed by atoms with Crippen molar-refractivity contribution in [3.05, 3.63) is 32.9 Å². The Bertz CT molecular complexity index is 460. The monoisotopic (exact) mass is 306 g/mol. The summed E-state index contributed by atoms with van der Waals surface area (Å²) in [6, 6.07) is 2.94. The van der Waals surface area contributed by atoms with Gasteiger partial charge in [-0.1, -0.05) is 0 Å². The summed E-state index contributed by atoms with van der Waals surface area (Å²) in [5.41, 5.74) is 0.125. The third kappa shape index (κ3) is 2.76. The summed E-state index contributed by atoms with van der Waals surface area (Å²) in [5.74, 6) is -1.47. The largest absolute Gasteiger partial charge is 0.495 e. The summed E-state index contributed by atoms with van der Waals surface area (Å²) in [4.78, 5) is 10.3. The molecule has 0 heterocycles. The fourth-order valence-corrected chi connectivity index (χ4v) is 1.69. The fraction of sp³-hybridized carbons (Fsp3) is 0.100. The molecule has 1 rings (SSSR count). The SMILES string of the molecule is COc1ccc(C=C(S)C(=O)O)c(F)c1Br. The van der Waals surface area contributed by atoms with Crippen LogP contribution >= 0.6 is 28.6 Å². The van der Waals surface area contributed by atoms with Gasteiger partial charge in [0, 0.05) is 5.56 Å². The molecular formula is C10H8BrFO3S. The summed E-state index contributed by atoms with van der Waals surface area (Å²) in [6.45, 7) is 0. The second-order valence-corrected chi connectivity index (χ2v) is 4.09. The van der Waals surface area contributed by atoms with E-state index in [-0.39, 0.29) is 14.9 Å². The van der Waals surface area contributed by atoms with Crippen molar-refractivity contribution in [2.45, 2.75) is 0 Å². The van der Waals surface area contributed by atoms with E-state index in [1.807, 2.05) is 0 Å². The Morgan fingerprint density at radius 2 is 2.25 bits per heavy atom. The molecule has 16 heavy (non-hydrogen) atoms. The number of rotatable bonds is 3. The minimum absolute atomic E-state index is 0.125. The zero-order valence-corrected chi connectivity index (χ0v) is 10.7. The van der Waals surface area contributed by atoms with E-state index in [2.05, 4.69) is 28.6 Å². The number of ether oxygens (including phenoxy) is 1. The number of carbonyl (C=O) groups is 1. The fourth-order valence-electron chi connectivity index (χ4n) is 1.02. The van der Waals surface area contributed by atoms with Crippen LogP contribution in [0.4, 0.5) is 4.39 Å². The van der Waals surface area contributed by atoms with Gasteiger partial charge in [0.25, 0.3) is 0 Å². The second-order valence-electron chi connectivity index (χ2n) is 2.82. The van der Waals surface area contributed by atoms with Crippen molar-refractivity contribution in [2.75, 3.05) is 7.11 Å². The molecule has 1 N–H and O–H groups in total. The molecule has 0 aromatic heterocycles. The van der Waals surface area contributed by atoms with Crippen LogP contribution < -0.4 is 4.74 Å². The van der Waals surface area contributed by atoms with Crippen molar-refractivity contribution in [3.8, 4) is 5.75 Å². The molecule has 0 spiro atoms. The topological polar surface area (TPSA) is 46.5 Å². The number of thiol groups is 1. The van der Waals surface area contributed by atoms with Crippen LogP contribution in [0.3, 0.4) is 0 Å². The second kappa shape index (κ2) is 5.36. The van der Waals surface area contributed by atoms with E-state index in [0.717, 1.165) is 6.08 Å². The predicted molar refractivity (Wildman–Crippen MR) is 65.3 cm³/mol. The van der Waals surface area contributed by atoms with Crippen molar-refractivity contribution >= 4 is 40.6 Å². The average Bonchev–Trinajstić information content (AvgIpc) is 2.25. The van der Waals surface area contributed by atoms with Gasteiger partial charge >= 0.3 is 5.97 Å². The van der Waals surface area contributed by atoms with Crippen LogP contribution in [0.5, 0.6) is 5.75 Å². The summed E-state index contributed by atoms with van der Waals surface area (Å²) >= 11 is 6.73. The van der Waals surface area contributed by atoms with Gasteiger partial charge in [-0.25, -0.2) is 9.18 Å². The molecule has 0 bridgehead atoms. The standard InChI is InChI=1S/C10H8BrFO3S/c1-15-6-3-2-5(9(12)8(6)11)4-7(16)10(13)14/h2-4,16H,1H3,(H,13,14). The van der Waals surface area contributed by atoms with Crippen LogP contribution in [-0.2, 0) is 4.79 Å². The normalized spacial score (nSPS) is 11.4. The van der Waals surface area contributed by atoms with Gasteiger partial charge < -0.3 is 9.84 Å². The van der Waals surface area contributed by atoms with Crippen LogP contribution in [0.2, 0.25) is 0 Å². The number of methoxy groups -OCH3 is 1. The van der Waals surface area contributed by atoms with Gasteiger partial charge in [-0.15, -0.1) is 12.6 Å². The van der Waals surface area contributed by atoms with Gasteiger partial charge in [0.05, 0.1) is 16.5 Å². The zero-order valence-electron chi connectivity index (χ0n) is 8.20. The first kappa shape index (κ1) is 13.1. The maximum absolute atomic E-state index is 13.7. The number of benzene rings is 1. The van der Waals surface area contributed by atoms with Crippen molar-refractivity contribution in [3.63, 3.8) is 0 Å². The quantitative estimate of drug-likeness (QED) is 0.667. The summed E-state index contributed by atoms with van der Waals surface area (Å²) in [5, 5.41) is 8.60. The van der Waals surface area contributed by atoms with Gasteiger partial charge in [0.1, 0.15) is 11.6 Å². The van der Waals surface area contributed by atoms with Gasteiger partial charge in [-0.05, 0) is 34.1 Å². The minimum atomic E-state index is -1.21. The lowest BCUT2D eigenvalue weighted by Gasteiger charge is -2.06.